The van der Waals surface area contributed by atoms with E-state index in [0.717, 1.165) is 11.3 Å². The number of benzene rings is 1. The van der Waals surface area contributed by atoms with Crippen LogP contribution in [0.25, 0.3) is 0 Å². The van der Waals surface area contributed by atoms with E-state index < -0.39 is 0 Å². The normalized spacial score (nSPS) is 10.1. The summed E-state index contributed by atoms with van der Waals surface area (Å²) in [6.45, 7) is 2.28. The molecule has 2 rings (SSSR count). The number of nitrogens with one attached hydrogen (secondary N) is 2. The lowest BCUT2D eigenvalue weighted by Crippen LogP contribution is -2.17. The zero-order valence-corrected chi connectivity index (χ0v) is 13.1. The van der Waals surface area contributed by atoms with E-state index in [1.807, 2.05) is 13.0 Å². The Morgan fingerprint density at radius 3 is 2.86 bits per heavy atom. The fourth-order valence-electron chi connectivity index (χ4n) is 1.85. The molecule has 0 saturated heterocycles. The third-order valence-corrected chi connectivity index (χ3v) is 3.45. The second-order valence-corrected chi connectivity index (χ2v) is 4.96. The first-order valence-corrected chi connectivity index (χ1v) is 7.13. The van der Waals surface area contributed by atoms with E-state index in [4.69, 9.17) is 16.3 Å². The maximum absolute atomic E-state index is 12.0. The molecule has 0 spiro atoms. The van der Waals surface area contributed by atoms with Gasteiger partial charge in [-0.25, -0.2) is 9.97 Å². The Kier molecular flexibility index (Phi) is 5.55. The number of hydrogen-bond acceptors (Lipinski definition) is 5. The summed E-state index contributed by atoms with van der Waals surface area (Å²) < 4.78 is 5.08. The van der Waals surface area contributed by atoms with Gasteiger partial charge in [-0.05, 0) is 24.6 Å². The molecule has 0 bridgehead atoms. The van der Waals surface area contributed by atoms with E-state index in [1.54, 1.807) is 24.5 Å². The van der Waals surface area contributed by atoms with Crippen molar-refractivity contribution >= 4 is 29.0 Å². The second-order valence-electron chi connectivity index (χ2n) is 4.55. The minimum atomic E-state index is -0.110. The number of carbonyl (C=O) groups is 1. The molecule has 0 fully saturated rings. The number of aromatic nitrogens is 2. The number of halogens is 1. The third kappa shape index (κ3) is 4.08. The molecule has 2 N–H and O–H groups in total. The molecule has 0 saturated carbocycles. The van der Waals surface area contributed by atoms with Gasteiger partial charge in [0.1, 0.15) is 0 Å². The van der Waals surface area contributed by atoms with Crippen molar-refractivity contribution in [2.45, 2.75) is 13.3 Å². The van der Waals surface area contributed by atoms with Gasteiger partial charge in [0.2, 0.25) is 5.91 Å². The highest BCUT2D eigenvalue weighted by atomic mass is 35.5. The first kappa shape index (κ1) is 16.0. The maximum atomic E-state index is 12.0. The van der Waals surface area contributed by atoms with Crippen LogP contribution in [-0.2, 0) is 4.79 Å². The zero-order chi connectivity index (χ0) is 15.9. The SMILES string of the molecule is COc1nccnc1NCCC(=O)Nc1cccc(Cl)c1C. The highest BCUT2D eigenvalue weighted by Crippen LogP contribution is 2.23. The van der Waals surface area contributed by atoms with Crippen molar-refractivity contribution in [3.05, 3.63) is 41.2 Å². The molecule has 0 unspecified atom stereocenters. The molecule has 1 heterocycles. The maximum Gasteiger partial charge on any atom is 0.257 e. The van der Waals surface area contributed by atoms with Gasteiger partial charge in [-0.2, -0.15) is 0 Å². The molecular weight excluding hydrogens is 304 g/mol. The van der Waals surface area contributed by atoms with Crippen LogP contribution in [0, 0.1) is 6.92 Å². The van der Waals surface area contributed by atoms with Gasteiger partial charge in [-0.3, -0.25) is 4.79 Å². The highest BCUT2D eigenvalue weighted by molar-refractivity contribution is 6.31. The molecular formula is C15H17ClN4O2. The molecule has 116 valence electrons. The molecule has 2 aromatic rings. The van der Waals surface area contributed by atoms with Gasteiger partial charge in [0.05, 0.1) is 7.11 Å². The summed E-state index contributed by atoms with van der Waals surface area (Å²) in [6, 6.07) is 5.40. The van der Waals surface area contributed by atoms with E-state index in [9.17, 15) is 4.79 Å². The van der Waals surface area contributed by atoms with Gasteiger partial charge in [0.25, 0.3) is 5.88 Å². The quantitative estimate of drug-likeness (QED) is 0.856. The largest absolute Gasteiger partial charge is 0.478 e. The van der Waals surface area contributed by atoms with Crippen molar-refractivity contribution in [1.29, 1.82) is 0 Å². The van der Waals surface area contributed by atoms with Gasteiger partial charge >= 0.3 is 0 Å². The number of ether oxygens (including phenoxy) is 1. The first-order chi connectivity index (χ1) is 10.6. The lowest BCUT2D eigenvalue weighted by molar-refractivity contribution is -0.115. The minimum absolute atomic E-state index is 0.110. The van der Waals surface area contributed by atoms with Gasteiger partial charge in [-0.15, -0.1) is 0 Å². The summed E-state index contributed by atoms with van der Waals surface area (Å²) in [4.78, 5) is 20.1. The molecule has 1 amide bonds. The fourth-order valence-corrected chi connectivity index (χ4v) is 2.02. The average molecular weight is 321 g/mol. The summed E-state index contributed by atoms with van der Waals surface area (Å²) in [6.07, 6.45) is 3.38. The number of methoxy groups -OCH3 is 1. The number of nitrogens with zero attached hydrogens (tertiary/aromatic N) is 2. The molecule has 0 aliphatic carbocycles. The Bertz CT molecular complexity index is 664. The van der Waals surface area contributed by atoms with Crippen LogP contribution in [0.15, 0.2) is 30.6 Å². The van der Waals surface area contributed by atoms with Crippen molar-refractivity contribution in [2.75, 3.05) is 24.3 Å². The van der Waals surface area contributed by atoms with Crippen LogP contribution in [0.2, 0.25) is 5.02 Å². The summed E-state index contributed by atoms with van der Waals surface area (Å²) in [7, 11) is 1.52. The van der Waals surface area contributed by atoms with E-state index >= 15 is 0 Å². The molecule has 0 aliphatic heterocycles. The molecule has 1 aromatic carbocycles. The Hall–Kier alpha value is -2.34. The lowest BCUT2D eigenvalue weighted by atomic mass is 10.2. The fraction of sp³-hybridized carbons (Fsp3) is 0.267. The number of carbonyl (C=O) groups excluding carboxylic acids is 1. The molecule has 0 atom stereocenters. The van der Waals surface area contributed by atoms with Gasteiger partial charge in [-0.1, -0.05) is 17.7 Å². The molecule has 22 heavy (non-hydrogen) atoms. The van der Waals surface area contributed by atoms with Gasteiger partial charge in [0, 0.05) is 36.1 Å². The third-order valence-electron chi connectivity index (χ3n) is 3.04. The molecule has 0 aliphatic rings. The summed E-state index contributed by atoms with van der Waals surface area (Å²) in [5.74, 6) is 0.797. The average Bonchev–Trinajstić information content (AvgIpc) is 2.52. The molecule has 1 aromatic heterocycles. The summed E-state index contributed by atoms with van der Waals surface area (Å²) in [5.41, 5.74) is 1.57. The smallest absolute Gasteiger partial charge is 0.257 e. The van der Waals surface area contributed by atoms with Crippen LogP contribution < -0.4 is 15.4 Å². The van der Waals surface area contributed by atoms with Crippen molar-refractivity contribution in [1.82, 2.24) is 9.97 Å². The Labute approximate surface area is 133 Å². The van der Waals surface area contributed by atoms with Crippen molar-refractivity contribution in [2.24, 2.45) is 0 Å². The Morgan fingerprint density at radius 1 is 1.32 bits per heavy atom. The van der Waals surface area contributed by atoms with Crippen LogP contribution in [0.5, 0.6) is 5.88 Å². The first-order valence-electron chi connectivity index (χ1n) is 6.75. The molecule has 6 nitrogen and oxygen atoms in total. The standard InChI is InChI=1S/C15H17ClN4O2/c1-10-11(16)4-3-5-12(10)20-13(21)6-7-17-14-15(22-2)19-9-8-18-14/h3-5,8-9H,6-7H2,1-2H3,(H,17,18)(H,20,21). The monoisotopic (exact) mass is 320 g/mol. The van der Waals surface area contributed by atoms with Gasteiger partial charge < -0.3 is 15.4 Å². The van der Waals surface area contributed by atoms with Gasteiger partial charge in [0.15, 0.2) is 5.82 Å². The van der Waals surface area contributed by atoms with Crippen LogP contribution in [0.3, 0.4) is 0 Å². The minimum Gasteiger partial charge on any atom is -0.478 e. The van der Waals surface area contributed by atoms with E-state index in [0.29, 0.717) is 23.3 Å². The van der Waals surface area contributed by atoms with E-state index in [-0.39, 0.29) is 12.3 Å². The number of amides is 1. The highest BCUT2D eigenvalue weighted by Gasteiger charge is 2.08. The molecule has 0 radical (unpaired) electrons. The predicted molar refractivity (Wildman–Crippen MR) is 86.5 cm³/mol. The number of rotatable bonds is 6. The van der Waals surface area contributed by atoms with Crippen LogP contribution in [-0.4, -0.2) is 29.5 Å². The lowest BCUT2D eigenvalue weighted by Gasteiger charge is -2.11. The van der Waals surface area contributed by atoms with Crippen LogP contribution in [0.4, 0.5) is 11.5 Å². The van der Waals surface area contributed by atoms with Crippen LogP contribution in [0.1, 0.15) is 12.0 Å². The Balaban J connectivity index is 1.87. The topological polar surface area (TPSA) is 76.1 Å². The number of anilines is 2. The summed E-state index contributed by atoms with van der Waals surface area (Å²) in [5, 5.41) is 6.48. The Morgan fingerprint density at radius 2 is 2.09 bits per heavy atom. The van der Waals surface area contributed by atoms with E-state index in [2.05, 4.69) is 20.6 Å². The summed E-state index contributed by atoms with van der Waals surface area (Å²) >= 11 is 6.02. The predicted octanol–water partition coefficient (Wildman–Crippen LogP) is 2.89. The zero-order valence-electron chi connectivity index (χ0n) is 12.4. The van der Waals surface area contributed by atoms with Crippen molar-refractivity contribution < 1.29 is 9.53 Å². The van der Waals surface area contributed by atoms with E-state index in [1.165, 1.54) is 7.11 Å². The van der Waals surface area contributed by atoms with Crippen molar-refractivity contribution in [3.63, 3.8) is 0 Å². The van der Waals surface area contributed by atoms with Crippen LogP contribution >= 0.6 is 11.6 Å². The van der Waals surface area contributed by atoms with Crippen molar-refractivity contribution in [3.8, 4) is 5.88 Å². The number of hydrogen-bond donors (Lipinski definition) is 2. The molecule has 7 heteroatoms. The second kappa shape index (κ2) is 7.61.